The molecule has 0 bridgehead atoms. The lowest BCUT2D eigenvalue weighted by Gasteiger charge is -2.09. The standard InChI is InChI=1S/C15H21N3/c1-9(2)16-14-8-13(17-18-14)15-11(4)6-10(3)7-12(15)5/h6-9H,1-5H3,(H2,16,17,18). The molecule has 2 rings (SSSR count). The predicted molar refractivity (Wildman–Crippen MR) is 77.0 cm³/mol. The third-order valence-corrected chi connectivity index (χ3v) is 2.96. The van der Waals surface area contributed by atoms with E-state index in [0.717, 1.165) is 11.5 Å². The maximum atomic E-state index is 4.30. The summed E-state index contributed by atoms with van der Waals surface area (Å²) in [6.45, 7) is 10.6. The van der Waals surface area contributed by atoms with Crippen molar-refractivity contribution in [3.63, 3.8) is 0 Å². The van der Waals surface area contributed by atoms with Crippen molar-refractivity contribution in [1.29, 1.82) is 0 Å². The van der Waals surface area contributed by atoms with Crippen molar-refractivity contribution >= 4 is 5.82 Å². The smallest absolute Gasteiger partial charge is 0.148 e. The van der Waals surface area contributed by atoms with E-state index in [-0.39, 0.29) is 0 Å². The first-order chi connectivity index (χ1) is 8.47. The van der Waals surface area contributed by atoms with Gasteiger partial charge < -0.3 is 5.32 Å². The Morgan fingerprint density at radius 3 is 2.22 bits per heavy atom. The maximum Gasteiger partial charge on any atom is 0.148 e. The van der Waals surface area contributed by atoms with Gasteiger partial charge in [-0.3, -0.25) is 5.10 Å². The molecule has 0 aliphatic carbocycles. The Labute approximate surface area is 109 Å². The number of nitrogens with one attached hydrogen (secondary N) is 2. The van der Waals surface area contributed by atoms with E-state index in [2.05, 4.69) is 68.3 Å². The number of rotatable bonds is 3. The van der Waals surface area contributed by atoms with E-state index >= 15 is 0 Å². The second kappa shape index (κ2) is 4.84. The molecule has 0 saturated heterocycles. The molecule has 0 unspecified atom stereocenters. The van der Waals surface area contributed by atoms with Crippen LogP contribution in [0.1, 0.15) is 30.5 Å². The number of nitrogens with zero attached hydrogens (tertiary/aromatic N) is 1. The summed E-state index contributed by atoms with van der Waals surface area (Å²) in [6, 6.07) is 6.88. The molecule has 0 amide bonds. The fraction of sp³-hybridized carbons (Fsp3) is 0.400. The van der Waals surface area contributed by atoms with E-state index in [0.29, 0.717) is 6.04 Å². The number of aromatic nitrogens is 2. The molecule has 2 N–H and O–H groups in total. The van der Waals surface area contributed by atoms with E-state index in [9.17, 15) is 0 Å². The zero-order valence-corrected chi connectivity index (χ0v) is 11.8. The second-order valence-electron chi connectivity index (χ2n) is 5.24. The van der Waals surface area contributed by atoms with Crippen molar-refractivity contribution in [1.82, 2.24) is 10.2 Å². The van der Waals surface area contributed by atoms with Crippen LogP contribution in [0.3, 0.4) is 0 Å². The summed E-state index contributed by atoms with van der Waals surface area (Å²) in [5.41, 5.74) is 6.20. The highest BCUT2D eigenvalue weighted by Crippen LogP contribution is 2.28. The summed E-state index contributed by atoms with van der Waals surface area (Å²) >= 11 is 0. The molecular formula is C15H21N3. The minimum Gasteiger partial charge on any atom is -0.366 e. The van der Waals surface area contributed by atoms with Crippen molar-refractivity contribution in [3.05, 3.63) is 34.9 Å². The summed E-state index contributed by atoms with van der Waals surface area (Å²) in [5, 5.41) is 10.7. The highest BCUT2D eigenvalue weighted by Gasteiger charge is 2.10. The normalized spacial score (nSPS) is 11.0. The molecule has 3 heteroatoms. The molecule has 18 heavy (non-hydrogen) atoms. The molecule has 1 aromatic heterocycles. The molecule has 3 nitrogen and oxygen atoms in total. The minimum absolute atomic E-state index is 0.390. The van der Waals surface area contributed by atoms with Gasteiger partial charge in [-0.05, 0) is 45.7 Å². The van der Waals surface area contributed by atoms with Crippen LogP contribution in [-0.2, 0) is 0 Å². The monoisotopic (exact) mass is 243 g/mol. The Bertz CT molecular complexity index is 530. The van der Waals surface area contributed by atoms with Crippen LogP contribution < -0.4 is 5.32 Å². The number of benzene rings is 1. The van der Waals surface area contributed by atoms with Gasteiger partial charge >= 0.3 is 0 Å². The quantitative estimate of drug-likeness (QED) is 0.860. The molecular weight excluding hydrogens is 222 g/mol. The zero-order valence-electron chi connectivity index (χ0n) is 11.8. The van der Waals surface area contributed by atoms with Gasteiger partial charge in [-0.25, -0.2) is 0 Å². The van der Waals surface area contributed by atoms with E-state index in [1.165, 1.54) is 22.3 Å². The molecule has 1 aromatic carbocycles. The van der Waals surface area contributed by atoms with Crippen LogP contribution in [0.15, 0.2) is 18.2 Å². The van der Waals surface area contributed by atoms with E-state index < -0.39 is 0 Å². The molecule has 0 spiro atoms. The van der Waals surface area contributed by atoms with Crippen molar-refractivity contribution in [3.8, 4) is 11.3 Å². The highest BCUT2D eigenvalue weighted by atomic mass is 15.2. The van der Waals surface area contributed by atoms with Gasteiger partial charge in [0, 0.05) is 17.7 Å². The Morgan fingerprint density at radius 1 is 1.06 bits per heavy atom. The van der Waals surface area contributed by atoms with Crippen LogP contribution in [0, 0.1) is 20.8 Å². The molecule has 96 valence electrons. The average molecular weight is 243 g/mol. The van der Waals surface area contributed by atoms with Crippen molar-refractivity contribution in [2.45, 2.75) is 40.7 Å². The Morgan fingerprint density at radius 2 is 1.67 bits per heavy atom. The third kappa shape index (κ3) is 2.55. The number of H-pyrrole nitrogens is 1. The van der Waals surface area contributed by atoms with Crippen LogP contribution in [0.4, 0.5) is 5.82 Å². The topological polar surface area (TPSA) is 40.7 Å². The largest absolute Gasteiger partial charge is 0.366 e. The highest BCUT2D eigenvalue weighted by molar-refractivity contribution is 5.70. The van der Waals surface area contributed by atoms with Gasteiger partial charge in [0.2, 0.25) is 0 Å². The molecule has 0 radical (unpaired) electrons. The first kappa shape index (κ1) is 12.7. The third-order valence-electron chi connectivity index (χ3n) is 2.96. The number of aryl methyl sites for hydroxylation is 3. The van der Waals surface area contributed by atoms with E-state index in [1.54, 1.807) is 0 Å². The molecule has 0 aliphatic heterocycles. The van der Waals surface area contributed by atoms with Gasteiger partial charge in [0.15, 0.2) is 0 Å². The summed E-state index contributed by atoms with van der Waals surface area (Å²) in [5.74, 6) is 0.902. The van der Waals surface area contributed by atoms with E-state index in [4.69, 9.17) is 0 Å². The number of hydrogen-bond donors (Lipinski definition) is 2. The number of anilines is 1. The van der Waals surface area contributed by atoms with Crippen LogP contribution in [0.5, 0.6) is 0 Å². The van der Waals surface area contributed by atoms with Crippen molar-refractivity contribution in [2.75, 3.05) is 5.32 Å². The Balaban J connectivity index is 2.40. The fourth-order valence-corrected chi connectivity index (χ4v) is 2.42. The van der Waals surface area contributed by atoms with Gasteiger partial charge in [0.25, 0.3) is 0 Å². The molecule has 0 saturated carbocycles. The summed E-state index contributed by atoms with van der Waals surface area (Å²) in [7, 11) is 0. The van der Waals surface area contributed by atoms with E-state index in [1.807, 2.05) is 0 Å². The predicted octanol–water partition coefficient (Wildman–Crippen LogP) is 3.82. The summed E-state index contributed by atoms with van der Waals surface area (Å²) in [4.78, 5) is 0. The summed E-state index contributed by atoms with van der Waals surface area (Å²) in [6.07, 6.45) is 0. The molecule has 2 aromatic rings. The lowest BCUT2D eigenvalue weighted by Crippen LogP contribution is -2.09. The first-order valence-electron chi connectivity index (χ1n) is 6.37. The lowest BCUT2D eigenvalue weighted by atomic mass is 9.97. The van der Waals surface area contributed by atoms with Gasteiger partial charge in [-0.2, -0.15) is 5.10 Å². The van der Waals surface area contributed by atoms with Gasteiger partial charge in [-0.1, -0.05) is 17.7 Å². The molecule has 0 atom stereocenters. The van der Waals surface area contributed by atoms with Gasteiger partial charge in [0.1, 0.15) is 5.82 Å². The second-order valence-corrected chi connectivity index (χ2v) is 5.24. The van der Waals surface area contributed by atoms with Crippen molar-refractivity contribution < 1.29 is 0 Å². The van der Waals surface area contributed by atoms with Crippen LogP contribution in [0.2, 0.25) is 0 Å². The first-order valence-corrected chi connectivity index (χ1v) is 6.37. The van der Waals surface area contributed by atoms with Crippen LogP contribution in [-0.4, -0.2) is 16.2 Å². The SMILES string of the molecule is Cc1cc(C)c(-c2cc(NC(C)C)n[nH]2)c(C)c1. The van der Waals surface area contributed by atoms with Crippen LogP contribution >= 0.6 is 0 Å². The Kier molecular flexibility index (Phi) is 3.41. The number of hydrogen-bond acceptors (Lipinski definition) is 2. The van der Waals surface area contributed by atoms with Crippen LogP contribution in [0.25, 0.3) is 11.3 Å². The van der Waals surface area contributed by atoms with Gasteiger partial charge in [0.05, 0.1) is 5.69 Å². The maximum absolute atomic E-state index is 4.30. The van der Waals surface area contributed by atoms with Gasteiger partial charge in [-0.15, -0.1) is 0 Å². The van der Waals surface area contributed by atoms with Crippen molar-refractivity contribution in [2.24, 2.45) is 0 Å². The molecule has 1 heterocycles. The molecule has 0 fully saturated rings. The average Bonchev–Trinajstić information content (AvgIpc) is 2.63. The Hall–Kier alpha value is -1.77. The number of aromatic amines is 1. The zero-order chi connectivity index (χ0) is 13.3. The minimum atomic E-state index is 0.390. The fourth-order valence-electron chi connectivity index (χ4n) is 2.42. The molecule has 0 aliphatic rings. The lowest BCUT2D eigenvalue weighted by molar-refractivity contribution is 0.884. The summed E-state index contributed by atoms with van der Waals surface area (Å²) < 4.78 is 0.